The highest BCUT2D eigenvalue weighted by molar-refractivity contribution is 5.97. The van der Waals surface area contributed by atoms with E-state index in [-0.39, 0.29) is 0 Å². The summed E-state index contributed by atoms with van der Waals surface area (Å²) in [6.07, 6.45) is 1.76. The van der Waals surface area contributed by atoms with E-state index in [1.807, 2.05) is 31.2 Å². The number of hydrogen-bond acceptors (Lipinski definition) is 4. The number of anilines is 1. The SMILES string of the molecule is CC(=NNc1cc(C)c2cccc(C)c2n1)c1ccccn1. The molecule has 3 rings (SSSR count). The minimum atomic E-state index is 0.745. The third kappa shape index (κ3) is 2.81. The van der Waals surface area contributed by atoms with E-state index in [9.17, 15) is 0 Å². The lowest BCUT2D eigenvalue weighted by Gasteiger charge is -2.08. The molecular formula is C18H18N4. The van der Waals surface area contributed by atoms with Crippen molar-refractivity contribution in [3.05, 3.63) is 65.5 Å². The summed E-state index contributed by atoms with van der Waals surface area (Å²) in [7, 11) is 0. The number of pyridine rings is 2. The topological polar surface area (TPSA) is 50.2 Å². The molecule has 22 heavy (non-hydrogen) atoms. The van der Waals surface area contributed by atoms with Crippen LogP contribution in [0.25, 0.3) is 10.9 Å². The Kier molecular flexibility index (Phi) is 3.83. The first-order valence-electron chi connectivity index (χ1n) is 7.24. The lowest BCUT2D eigenvalue weighted by molar-refractivity contribution is 1.21. The molecule has 4 nitrogen and oxygen atoms in total. The van der Waals surface area contributed by atoms with Gasteiger partial charge in [-0.15, -0.1) is 0 Å². The first-order valence-corrected chi connectivity index (χ1v) is 7.24. The molecule has 0 unspecified atom stereocenters. The van der Waals surface area contributed by atoms with Gasteiger partial charge in [0.25, 0.3) is 0 Å². The van der Waals surface area contributed by atoms with Gasteiger partial charge in [0.2, 0.25) is 0 Å². The molecule has 4 heteroatoms. The summed E-state index contributed by atoms with van der Waals surface area (Å²) < 4.78 is 0. The minimum absolute atomic E-state index is 0.745. The minimum Gasteiger partial charge on any atom is -0.261 e. The first-order chi connectivity index (χ1) is 10.6. The fourth-order valence-electron chi connectivity index (χ4n) is 2.39. The van der Waals surface area contributed by atoms with Gasteiger partial charge in [-0.25, -0.2) is 4.98 Å². The van der Waals surface area contributed by atoms with Crippen LogP contribution < -0.4 is 5.43 Å². The highest BCUT2D eigenvalue weighted by atomic mass is 15.3. The van der Waals surface area contributed by atoms with Gasteiger partial charge in [-0.3, -0.25) is 10.4 Å². The molecule has 0 bridgehead atoms. The molecule has 0 atom stereocenters. The van der Waals surface area contributed by atoms with Crippen LogP contribution >= 0.6 is 0 Å². The Bertz CT molecular complexity index is 838. The Morgan fingerprint density at radius 1 is 1.05 bits per heavy atom. The summed E-state index contributed by atoms with van der Waals surface area (Å²) >= 11 is 0. The first kappa shape index (κ1) is 14.2. The van der Waals surface area contributed by atoms with Gasteiger partial charge in [-0.05, 0) is 50.1 Å². The van der Waals surface area contributed by atoms with E-state index < -0.39 is 0 Å². The number of rotatable bonds is 3. The molecule has 1 N–H and O–H groups in total. The van der Waals surface area contributed by atoms with Crippen LogP contribution in [0.2, 0.25) is 0 Å². The Balaban J connectivity index is 1.93. The van der Waals surface area contributed by atoms with Gasteiger partial charge < -0.3 is 0 Å². The summed E-state index contributed by atoms with van der Waals surface area (Å²) in [6.45, 7) is 6.08. The van der Waals surface area contributed by atoms with Crippen molar-refractivity contribution in [1.82, 2.24) is 9.97 Å². The van der Waals surface area contributed by atoms with Crippen molar-refractivity contribution >= 4 is 22.4 Å². The zero-order valence-corrected chi connectivity index (χ0v) is 13.0. The number of aryl methyl sites for hydroxylation is 2. The summed E-state index contributed by atoms with van der Waals surface area (Å²) in [5, 5.41) is 5.56. The van der Waals surface area contributed by atoms with Gasteiger partial charge in [0.15, 0.2) is 0 Å². The zero-order chi connectivity index (χ0) is 15.5. The molecule has 0 aliphatic carbocycles. The molecule has 0 spiro atoms. The highest BCUT2D eigenvalue weighted by Crippen LogP contribution is 2.22. The second-order valence-electron chi connectivity index (χ2n) is 5.32. The van der Waals surface area contributed by atoms with Crippen LogP contribution in [-0.4, -0.2) is 15.7 Å². The number of benzene rings is 1. The van der Waals surface area contributed by atoms with Crippen molar-refractivity contribution in [2.75, 3.05) is 5.43 Å². The lowest BCUT2D eigenvalue weighted by atomic mass is 10.1. The van der Waals surface area contributed by atoms with Crippen molar-refractivity contribution in [2.24, 2.45) is 5.10 Å². The van der Waals surface area contributed by atoms with E-state index in [0.29, 0.717) is 0 Å². The highest BCUT2D eigenvalue weighted by Gasteiger charge is 2.05. The number of nitrogens with one attached hydrogen (secondary N) is 1. The molecule has 0 saturated carbocycles. The quantitative estimate of drug-likeness (QED) is 0.584. The van der Waals surface area contributed by atoms with Crippen LogP contribution in [0.1, 0.15) is 23.7 Å². The number of fused-ring (bicyclic) bond motifs is 1. The predicted molar refractivity (Wildman–Crippen MR) is 91.3 cm³/mol. The summed E-state index contributed by atoms with van der Waals surface area (Å²) in [5.41, 5.74) is 8.07. The van der Waals surface area contributed by atoms with Gasteiger partial charge in [-0.2, -0.15) is 5.10 Å². The number of hydrogen-bond donors (Lipinski definition) is 1. The predicted octanol–water partition coefficient (Wildman–Crippen LogP) is 4.08. The number of hydrazone groups is 1. The van der Waals surface area contributed by atoms with Crippen molar-refractivity contribution < 1.29 is 0 Å². The van der Waals surface area contributed by atoms with Crippen molar-refractivity contribution in [3.63, 3.8) is 0 Å². The van der Waals surface area contributed by atoms with Gasteiger partial charge >= 0.3 is 0 Å². The van der Waals surface area contributed by atoms with Gasteiger partial charge in [0.05, 0.1) is 16.9 Å². The molecule has 2 aromatic heterocycles. The Labute approximate surface area is 129 Å². The van der Waals surface area contributed by atoms with E-state index in [0.717, 1.165) is 28.3 Å². The molecule has 3 aromatic rings. The fourth-order valence-corrected chi connectivity index (χ4v) is 2.39. The van der Waals surface area contributed by atoms with Gasteiger partial charge in [-0.1, -0.05) is 24.3 Å². The Morgan fingerprint density at radius 3 is 2.68 bits per heavy atom. The van der Waals surface area contributed by atoms with E-state index in [1.54, 1.807) is 6.20 Å². The van der Waals surface area contributed by atoms with Gasteiger partial charge in [0.1, 0.15) is 5.82 Å². The molecule has 0 fully saturated rings. The molecule has 0 aliphatic rings. The summed E-state index contributed by atoms with van der Waals surface area (Å²) in [4.78, 5) is 8.94. The Morgan fingerprint density at radius 2 is 1.91 bits per heavy atom. The van der Waals surface area contributed by atoms with Crippen LogP contribution in [0.5, 0.6) is 0 Å². The molecule has 2 heterocycles. The standard InChI is InChI=1S/C18H18N4/c1-12-7-6-8-15-13(2)11-17(20-18(12)15)22-21-14(3)16-9-4-5-10-19-16/h4-11H,1-3H3,(H,20,22). The van der Waals surface area contributed by atoms with Crippen LogP contribution in [-0.2, 0) is 0 Å². The average molecular weight is 290 g/mol. The zero-order valence-electron chi connectivity index (χ0n) is 13.0. The molecule has 0 saturated heterocycles. The molecule has 1 aromatic carbocycles. The van der Waals surface area contributed by atoms with Crippen molar-refractivity contribution in [3.8, 4) is 0 Å². The van der Waals surface area contributed by atoms with E-state index in [2.05, 4.69) is 52.5 Å². The number of nitrogens with zero attached hydrogens (tertiary/aromatic N) is 3. The Hall–Kier alpha value is -2.75. The number of aromatic nitrogens is 2. The van der Waals surface area contributed by atoms with Crippen LogP contribution in [0.15, 0.2) is 53.8 Å². The molecule has 0 aliphatic heterocycles. The average Bonchev–Trinajstić information content (AvgIpc) is 2.54. The third-order valence-electron chi connectivity index (χ3n) is 3.62. The fraction of sp³-hybridized carbons (Fsp3) is 0.167. The van der Waals surface area contributed by atoms with Crippen LogP contribution in [0.4, 0.5) is 5.82 Å². The van der Waals surface area contributed by atoms with E-state index in [1.165, 1.54) is 10.9 Å². The normalized spacial score (nSPS) is 11.7. The molecule has 0 radical (unpaired) electrons. The van der Waals surface area contributed by atoms with E-state index in [4.69, 9.17) is 0 Å². The van der Waals surface area contributed by atoms with Crippen LogP contribution in [0, 0.1) is 13.8 Å². The maximum atomic E-state index is 4.66. The number of para-hydroxylation sites is 1. The van der Waals surface area contributed by atoms with E-state index >= 15 is 0 Å². The van der Waals surface area contributed by atoms with Crippen molar-refractivity contribution in [2.45, 2.75) is 20.8 Å². The lowest BCUT2D eigenvalue weighted by Crippen LogP contribution is -2.03. The monoisotopic (exact) mass is 290 g/mol. The maximum absolute atomic E-state index is 4.66. The smallest absolute Gasteiger partial charge is 0.147 e. The molecular weight excluding hydrogens is 272 g/mol. The second-order valence-corrected chi connectivity index (χ2v) is 5.32. The largest absolute Gasteiger partial charge is 0.261 e. The molecule has 0 amide bonds. The summed E-state index contributed by atoms with van der Waals surface area (Å²) in [6, 6.07) is 14.0. The summed E-state index contributed by atoms with van der Waals surface area (Å²) in [5.74, 6) is 0.745. The second kappa shape index (κ2) is 5.93. The van der Waals surface area contributed by atoms with Crippen molar-refractivity contribution in [1.29, 1.82) is 0 Å². The molecule has 110 valence electrons. The third-order valence-corrected chi connectivity index (χ3v) is 3.62. The maximum Gasteiger partial charge on any atom is 0.147 e. The van der Waals surface area contributed by atoms with Crippen LogP contribution in [0.3, 0.4) is 0 Å². The van der Waals surface area contributed by atoms with Gasteiger partial charge in [0, 0.05) is 11.6 Å².